The van der Waals surface area contributed by atoms with Crippen LogP contribution in [-0.4, -0.2) is 10.5 Å². The maximum atomic E-state index is 12.8. The molecule has 0 saturated heterocycles. The minimum atomic E-state index is -0.171. The van der Waals surface area contributed by atoms with Gasteiger partial charge in [0.25, 0.3) is 11.5 Å². The van der Waals surface area contributed by atoms with E-state index in [-0.39, 0.29) is 11.5 Å². The number of halogens is 1. The topological polar surface area (TPSA) is 51.1 Å². The summed E-state index contributed by atoms with van der Waals surface area (Å²) in [6, 6.07) is 21.2. The largest absolute Gasteiger partial charge is 0.347 e. The number of carbonyl (C=O) groups is 1. The van der Waals surface area contributed by atoms with Gasteiger partial charge in [0.1, 0.15) is 0 Å². The highest BCUT2D eigenvalue weighted by atomic mass is 79.9. The van der Waals surface area contributed by atoms with Crippen molar-refractivity contribution in [3.05, 3.63) is 104 Å². The summed E-state index contributed by atoms with van der Waals surface area (Å²) in [7, 11) is 0. The van der Waals surface area contributed by atoms with Crippen LogP contribution in [0.5, 0.6) is 0 Å². The molecule has 0 fully saturated rings. The summed E-state index contributed by atoms with van der Waals surface area (Å²) in [5.74, 6) is -0.171. The maximum absolute atomic E-state index is 12.8. The molecule has 6 heteroatoms. The van der Waals surface area contributed by atoms with E-state index in [1.807, 2.05) is 60.7 Å². The third-order valence-electron chi connectivity index (χ3n) is 4.42. The second-order valence-electron chi connectivity index (χ2n) is 6.44. The molecule has 0 aliphatic heterocycles. The van der Waals surface area contributed by atoms with Crippen LogP contribution in [0.2, 0.25) is 0 Å². The number of nitrogens with one attached hydrogen (secondary N) is 1. The van der Waals surface area contributed by atoms with Gasteiger partial charge < -0.3 is 9.88 Å². The number of thiophene rings is 1. The van der Waals surface area contributed by atoms with Crippen LogP contribution < -0.4 is 10.9 Å². The first-order valence-corrected chi connectivity index (χ1v) is 10.4. The number of carbonyl (C=O) groups excluding carboxylic acids is 1. The quantitative estimate of drug-likeness (QED) is 0.472. The third-order valence-corrected chi connectivity index (χ3v) is 6.01. The summed E-state index contributed by atoms with van der Waals surface area (Å²) in [5.41, 5.74) is 1.99. The Morgan fingerprint density at radius 1 is 1.00 bits per heavy atom. The lowest BCUT2D eigenvalue weighted by molar-refractivity contribution is 0.0955. The molecule has 0 bridgehead atoms. The number of aromatic nitrogens is 1. The van der Waals surface area contributed by atoms with Crippen molar-refractivity contribution in [2.24, 2.45) is 0 Å². The molecule has 0 aliphatic carbocycles. The summed E-state index contributed by atoms with van der Waals surface area (Å²) in [4.78, 5) is 25.9. The van der Waals surface area contributed by atoms with Crippen molar-refractivity contribution < 1.29 is 4.79 Å². The molecule has 140 valence electrons. The molecule has 0 spiro atoms. The molecule has 4 rings (SSSR count). The zero-order valence-electron chi connectivity index (χ0n) is 14.9. The highest BCUT2D eigenvalue weighted by molar-refractivity contribution is 9.10. The van der Waals surface area contributed by atoms with Crippen LogP contribution in [0.25, 0.3) is 10.1 Å². The fourth-order valence-corrected chi connectivity index (χ4v) is 4.42. The zero-order chi connectivity index (χ0) is 19.5. The average molecular weight is 453 g/mol. The number of pyridine rings is 1. The Bertz CT molecular complexity index is 1200. The van der Waals surface area contributed by atoms with Crippen molar-refractivity contribution in [3.8, 4) is 0 Å². The van der Waals surface area contributed by atoms with Crippen LogP contribution in [0, 0.1) is 0 Å². The van der Waals surface area contributed by atoms with Gasteiger partial charge in [0.15, 0.2) is 0 Å². The molecule has 2 aromatic heterocycles. The first-order valence-electron chi connectivity index (χ1n) is 8.80. The molecule has 4 aromatic rings. The van der Waals surface area contributed by atoms with Crippen molar-refractivity contribution in [1.82, 2.24) is 9.88 Å². The van der Waals surface area contributed by atoms with Gasteiger partial charge in [-0.3, -0.25) is 9.59 Å². The van der Waals surface area contributed by atoms with Crippen LogP contribution in [0.1, 0.15) is 20.8 Å². The smallest absolute Gasteiger partial charge is 0.261 e. The van der Waals surface area contributed by atoms with Crippen LogP contribution in [-0.2, 0) is 13.1 Å². The Labute approximate surface area is 174 Å². The van der Waals surface area contributed by atoms with Crippen LogP contribution in [0.4, 0.5) is 0 Å². The van der Waals surface area contributed by atoms with Crippen molar-refractivity contribution in [2.75, 3.05) is 0 Å². The van der Waals surface area contributed by atoms with Crippen LogP contribution >= 0.6 is 27.3 Å². The van der Waals surface area contributed by atoms with Gasteiger partial charge in [0.05, 0.1) is 16.8 Å². The van der Waals surface area contributed by atoms with Gasteiger partial charge in [-0.1, -0.05) is 58.4 Å². The van der Waals surface area contributed by atoms with Gasteiger partial charge in [0, 0.05) is 21.9 Å². The molecule has 0 radical (unpaired) electrons. The Morgan fingerprint density at radius 3 is 2.57 bits per heavy atom. The van der Waals surface area contributed by atoms with E-state index in [0.29, 0.717) is 23.4 Å². The first kappa shape index (κ1) is 18.7. The van der Waals surface area contributed by atoms with Gasteiger partial charge in [-0.05, 0) is 35.4 Å². The summed E-state index contributed by atoms with van der Waals surface area (Å²) in [5, 5.41) is 3.50. The van der Waals surface area contributed by atoms with Crippen molar-refractivity contribution in [2.45, 2.75) is 13.1 Å². The second kappa shape index (κ2) is 8.12. The summed E-state index contributed by atoms with van der Waals surface area (Å²) in [6.07, 6.45) is 1.79. The number of rotatable bonds is 5. The van der Waals surface area contributed by atoms with Crippen molar-refractivity contribution in [3.63, 3.8) is 0 Å². The van der Waals surface area contributed by atoms with E-state index in [1.54, 1.807) is 16.8 Å². The standard InChI is InChI=1S/C22H17BrN2O2S/c23-17-8-4-7-16(11-17)13-24-21(26)20-12-18-19(28-20)9-10-25(22(18)27)14-15-5-2-1-3-6-15/h1-12H,13-14H2,(H,24,26). The number of nitrogens with zero attached hydrogens (tertiary/aromatic N) is 1. The van der Waals surface area contributed by atoms with Gasteiger partial charge in [0.2, 0.25) is 0 Å². The number of benzene rings is 2. The number of hydrogen-bond acceptors (Lipinski definition) is 3. The number of fused-ring (bicyclic) bond motifs is 1. The molecule has 28 heavy (non-hydrogen) atoms. The molecule has 0 aliphatic rings. The average Bonchev–Trinajstić information content (AvgIpc) is 3.15. The highest BCUT2D eigenvalue weighted by Gasteiger charge is 2.13. The van der Waals surface area contributed by atoms with E-state index in [0.717, 1.165) is 20.3 Å². The van der Waals surface area contributed by atoms with E-state index in [2.05, 4.69) is 21.2 Å². The molecule has 0 unspecified atom stereocenters. The monoisotopic (exact) mass is 452 g/mol. The fourth-order valence-electron chi connectivity index (χ4n) is 3.01. The van der Waals surface area contributed by atoms with Gasteiger partial charge in [-0.2, -0.15) is 0 Å². The van der Waals surface area contributed by atoms with E-state index in [4.69, 9.17) is 0 Å². The first-order chi connectivity index (χ1) is 13.6. The Balaban J connectivity index is 1.54. The molecular formula is C22H17BrN2O2S. The minimum Gasteiger partial charge on any atom is -0.347 e. The molecule has 0 atom stereocenters. The van der Waals surface area contributed by atoms with Crippen molar-refractivity contribution in [1.29, 1.82) is 0 Å². The van der Waals surface area contributed by atoms with E-state index < -0.39 is 0 Å². The molecular weight excluding hydrogens is 436 g/mol. The van der Waals surface area contributed by atoms with Crippen LogP contribution in [0.3, 0.4) is 0 Å². The van der Waals surface area contributed by atoms with Crippen LogP contribution in [0.15, 0.2) is 82.2 Å². The highest BCUT2D eigenvalue weighted by Crippen LogP contribution is 2.23. The normalized spacial score (nSPS) is 10.9. The van der Waals surface area contributed by atoms with E-state index in [1.165, 1.54) is 11.3 Å². The lowest BCUT2D eigenvalue weighted by Gasteiger charge is -2.05. The Morgan fingerprint density at radius 2 is 1.79 bits per heavy atom. The molecule has 4 nitrogen and oxygen atoms in total. The zero-order valence-corrected chi connectivity index (χ0v) is 17.3. The molecule has 2 aromatic carbocycles. The fraction of sp³-hybridized carbons (Fsp3) is 0.0909. The molecule has 1 N–H and O–H groups in total. The van der Waals surface area contributed by atoms with E-state index in [9.17, 15) is 9.59 Å². The van der Waals surface area contributed by atoms with Crippen molar-refractivity contribution >= 4 is 43.3 Å². The summed E-state index contributed by atoms with van der Waals surface area (Å²) >= 11 is 4.77. The summed E-state index contributed by atoms with van der Waals surface area (Å²) in [6.45, 7) is 0.945. The lowest BCUT2D eigenvalue weighted by Crippen LogP contribution is -2.22. The third kappa shape index (κ3) is 4.08. The Kier molecular flexibility index (Phi) is 5.41. The molecule has 1 amide bonds. The minimum absolute atomic E-state index is 0.0800. The van der Waals surface area contributed by atoms with E-state index >= 15 is 0 Å². The summed E-state index contributed by atoms with van der Waals surface area (Å²) < 4.78 is 3.47. The number of amides is 1. The predicted octanol–water partition coefficient (Wildman–Crippen LogP) is 4.80. The van der Waals surface area contributed by atoms with Gasteiger partial charge >= 0.3 is 0 Å². The number of hydrogen-bond donors (Lipinski definition) is 1. The lowest BCUT2D eigenvalue weighted by atomic mass is 10.2. The maximum Gasteiger partial charge on any atom is 0.261 e. The molecule has 2 heterocycles. The Hall–Kier alpha value is -2.70. The second-order valence-corrected chi connectivity index (χ2v) is 8.44. The van der Waals surface area contributed by atoms with Gasteiger partial charge in [-0.25, -0.2) is 0 Å². The molecule has 0 saturated carbocycles. The SMILES string of the molecule is O=C(NCc1cccc(Br)c1)c1cc2c(=O)n(Cc3ccccc3)ccc2s1. The predicted molar refractivity (Wildman–Crippen MR) is 117 cm³/mol. The van der Waals surface area contributed by atoms with Gasteiger partial charge in [-0.15, -0.1) is 11.3 Å².